The Bertz CT molecular complexity index is 880. The normalized spacial score (nSPS) is 17.6. The first-order valence-electron chi connectivity index (χ1n) is 10.4. The molecule has 2 aliphatic rings. The number of hydrogen-bond acceptors (Lipinski definition) is 4. The lowest BCUT2D eigenvalue weighted by Crippen LogP contribution is -2.48. The molecule has 0 aliphatic carbocycles. The van der Waals surface area contributed by atoms with Crippen LogP contribution in [-0.2, 0) is 16.7 Å². The molecule has 0 spiro atoms. The van der Waals surface area contributed by atoms with E-state index in [-0.39, 0.29) is 18.0 Å². The molecule has 0 unspecified atom stereocenters. The number of nitrogens with zero attached hydrogens (tertiary/aromatic N) is 1. The molecule has 2 heterocycles. The topological polar surface area (TPSA) is 64.1 Å². The van der Waals surface area contributed by atoms with Gasteiger partial charge >= 0.3 is 0 Å². The summed E-state index contributed by atoms with van der Waals surface area (Å²) in [4.78, 5) is 4.68. The molecular formula is C23H28FN3O3. The lowest BCUT2D eigenvalue weighted by atomic mass is 9.74. The summed E-state index contributed by atoms with van der Waals surface area (Å²) in [6, 6.07) is 12.7. The molecule has 30 heavy (non-hydrogen) atoms. The van der Waals surface area contributed by atoms with Crippen molar-refractivity contribution in [1.82, 2.24) is 10.6 Å². The van der Waals surface area contributed by atoms with Crippen LogP contribution < -0.4 is 20.1 Å². The summed E-state index contributed by atoms with van der Waals surface area (Å²) in [5, 5.41) is 6.82. The van der Waals surface area contributed by atoms with Gasteiger partial charge in [-0.3, -0.25) is 0 Å². The second-order valence-corrected chi connectivity index (χ2v) is 7.64. The van der Waals surface area contributed by atoms with Crippen molar-refractivity contribution in [2.24, 2.45) is 4.99 Å². The molecule has 160 valence electrons. The van der Waals surface area contributed by atoms with Gasteiger partial charge in [-0.2, -0.15) is 0 Å². The number of rotatable bonds is 6. The Hall–Kier alpha value is -2.80. The average Bonchev–Trinajstić information content (AvgIpc) is 3.25. The summed E-state index contributed by atoms with van der Waals surface area (Å²) >= 11 is 0. The first kappa shape index (κ1) is 20.5. The smallest absolute Gasteiger partial charge is 0.231 e. The molecule has 2 N–H and O–H groups in total. The Morgan fingerprint density at radius 1 is 1.03 bits per heavy atom. The van der Waals surface area contributed by atoms with E-state index in [4.69, 9.17) is 14.2 Å². The number of ether oxygens (including phenoxy) is 3. The third-order valence-corrected chi connectivity index (χ3v) is 5.71. The largest absolute Gasteiger partial charge is 0.454 e. The summed E-state index contributed by atoms with van der Waals surface area (Å²) < 4.78 is 29.8. The third kappa shape index (κ3) is 4.67. The van der Waals surface area contributed by atoms with Crippen LogP contribution in [0.25, 0.3) is 0 Å². The predicted octanol–water partition coefficient (Wildman–Crippen LogP) is 3.36. The quantitative estimate of drug-likeness (QED) is 0.562. The van der Waals surface area contributed by atoms with E-state index < -0.39 is 0 Å². The summed E-state index contributed by atoms with van der Waals surface area (Å²) in [6.07, 6.45) is 1.83. The average molecular weight is 413 g/mol. The van der Waals surface area contributed by atoms with Crippen LogP contribution in [0.1, 0.15) is 30.9 Å². The Morgan fingerprint density at radius 3 is 2.57 bits per heavy atom. The highest BCUT2D eigenvalue weighted by atomic mass is 19.1. The molecule has 0 bridgehead atoms. The van der Waals surface area contributed by atoms with Gasteiger partial charge in [0.1, 0.15) is 5.82 Å². The SMILES string of the molecule is CCNC(=NCc1ccc(F)cc1)NCC1(c2ccc3c(c2)OCO3)CCOCC1. The van der Waals surface area contributed by atoms with Crippen molar-refractivity contribution in [3.63, 3.8) is 0 Å². The van der Waals surface area contributed by atoms with Crippen molar-refractivity contribution >= 4 is 5.96 Å². The lowest BCUT2D eigenvalue weighted by Gasteiger charge is -2.38. The van der Waals surface area contributed by atoms with Gasteiger partial charge in [0, 0.05) is 31.7 Å². The summed E-state index contributed by atoms with van der Waals surface area (Å²) in [7, 11) is 0. The van der Waals surface area contributed by atoms with Crippen LogP contribution in [0.5, 0.6) is 11.5 Å². The van der Waals surface area contributed by atoms with Gasteiger partial charge < -0.3 is 24.8 Å². The maximum atomic E-state index is 13.1. The highest BCUT2D eigenvalue weighted by molar-refractivity contribution is 5.79. The molecule has 0 saturated carbocycles. The lowest BCUT2D eigenvalue weighted by molar-refractivity contribution is 0.0513. The van der Waals surface area contributed by atoms with E-state index in [1.165, 1.54) is 17.7 Å². The molecular weight excluding hydrogens is 385 g/mol. The maximum Gasteiger partial charge on any atom is 0.231 e. The van der Waals surface area contributed by atoms with Crippen LogP contribution in [0.15, 0.2) is 47.5 Å². The highest BCUT2D eigenvalue weighted by Crippen LogP contribution is 2.40. The molecule has 1 saturated heterocycles. The molecule has 2 aromatic rings. The molecule has 7 heteroatoms. The Kier molecular flexibility index (Phi) is 6.38. The van der Waals surface area contributed by atoms with E-state index in [1.54, 1.807) is 12.1 Å². The molecule has 2 aliphatic heterocycles. The van der Waals surface area contributed by atoms with Gasteiger partial charge in [0.2, 0.25) is 6.79 Å². The molecule has 0 atom stereocenters. The van der Waals surface area contributed by atoms with Gasteiger partial charge in [-0.05, 0) is 55.2 Å². The van der Waals surface area contributed by atoms with Crippen LogP contribution in [-0.4, -0.2) is 39.1 Å². The minimum absolute atomic E-state index is 0.0781. The molecule has 0 radical (unpaired) electrons. The van der Waals surface area contributed by atoms with Crippen molar-refractivity contribution in [2.75, 3.05) is 33.1 Å². The van der Waals surface area contributed by atoms with Crippen molar-refractivity contribution in [3.8, 4) is 11.5 Å². The number of aliphatic imine (C=N–C) groups is 1. The molecule has 2 aromatic carbocycles. The Balaban J connectivity index is 1.50. The van der Waals surface area contributed by atoms with Crippen molar-refractivity contribution in [2.45, 2.75) is 31.7 Å². The number of halogens is 1. The zero-order chi connectivity index (χ0) is 20.8. The third-order valence-electron chi connectivity index (χ3n) is 5.71. The van der Waals surface area contributed by atoms with Crippen molar-refractivity contribution in [3.05, 3.63) is 59.4 Å². The van der Waals surface area contributed by atoms with Gasteiger partial charge in [0.15, 0.2) is 17.5 Å². The fourth-order valence-electron chi connectivity index (χ4n) is 3.91. The number of nitrogens with one attached hydrogen (secondary N) is 2. The number of guanidine groups is 1. The first-order chi connectivity index (χ1) is 14.7. The van der Waals surface area contributed by atoms with Gasteiger partial charge in [0.25, 0.3) is 0 Å². The van der Waals surface area contributed by atoms with Crippen LogP contribution in [0, 0.1) is 5.82 Å². The number of hydrogen-bond donors (Lipinski definition) is 2. The monoisotopic (exact) mass is 413 g/mol. The van der Waals surface area contributed by atoms with E-state index in [1.807, 2.05) is 13.0 Å². The maximum absolute atomic E-state index is 13.1. The summed E-state index contributed by atoms with van der Waals surface area (Å²) in [5.41, 5.74) is 2.10. The second kappa shape index (κ2) is 9.34. The van der Waals surface area contributed by atoms with Gasteiger partial charge in [-0.15, -0.1) is 0 Å². The fraction of sp³-hybridized carbons (Fsp3) is 0.435. The number of benzene rings is 2. The Morgan fingerprint density at radius 2 is 1.80 bits per heavy atom. The minimum Gasteiger partial charge on any atom is -0.454 e. The van der Waals surface area contributed by atoms with Crippen LogP contribution in [0.3, 0.4) is 0 Å². The molecule has 0 amide bonds. The van der Waals surface area contributed by atoms with E-state index in [0.717, 1.165) is 62.2 Å². The van der Waals surface area contributed by atoms with Crippen LogP contribution >= 0.6 is 0 Å². The van der Waals surface area contributed by atoms with Crippen LogP contribution in [0.2, 0.25) is 0 Å². The summed E-state index contributed by atoms with van der Waals surface area (Å²) in [6.45, 7) is 5.72. The zero-order valence-electron chi connectivity index (χ0n) is 17.2. The molecule has 4 rings (SSSR count). The van der Waals surface area contributed by atoms with E-state index in [2.05, 4.69) is 27.8 Å². The van der Waals surface area contributed by atoms with E-state index in [0.29, 0.717) is 6.54 Å². The van der Waals surface area contributed by atoms with Gasteiger partial charge in [0.05, 0.1) is 6.54 Å². The number of fused-ring (bicyclic) bond motifs is 1. The minimum atomic E-state index is -0.238. The van der Waals surface area contributed by atoms with Crippen molar-refractivity contribution < 1.29 is 18.6 Å². The predicted molar refractivity (Wildman–Crippen MR) is 114 cm³/mol. The van der Waals surface area contributed by atoms with Gasteiger partial charge in [-0.25, -0.2) is 9.38 Å². The van der Waals surface area contributed by atoms with Crippen LogP contribution in [0.4, 0.5) is 4.39 Å². The fourth-order valence-corrected chi connectivity index (χ4v) is 3.91. The zero-order valence-corrected chi connectivity index (χ0v) is 17.2. The summed E-state index contributed by atoms with van der Waals surface area (Å²) in [5.74, 6) is 2.10. The highest BCUT2D eigenvalue weighted by Gasteiger charge is 2.35. The standard InChI is InChI=1S/C23H28FN3O3/c1-2-25-22(26-14-17-3-6-19(24)7-4-17)27-15-23(9-11-28-12-10-23)18-5-8-20-21(13-18)30-16-29-20/h3-8,13H,2,9-12,14-16H2,1H3,(H2,25,26,27). The molecule has 6 nitrogen and oxygen atoms in total. The Labute approximate surface area is 176 Å². The van der Waals surface area contributed by atoms with Crippen molar-refractivity contribution in [1.29, 1.82) is 0 Å². The van der Waals surface area contributed by atoms with E-state index in [9.17, 15) is 4.39 Å². The van der Waals surface area contributed by atoms with Gasteiger partial charge in [-0.1, -0.05) is 18.2 Å². The van der Waals surface area contributed by atoms with E-state index >= 15 is 0 Å². The molecule has 0 aromatic heterocycles. The first-order valence-corrected chi connectivity index (χ1v) is 10.4. The second-order valence-electron chi connectivity index (χ2n) is 7.64. The molecule has 1 fully saturated rings.